The predicted octanol–water partition coefficient (Wildman–Crippen LogP) is 3.18. The Morgan fingerprint density at radius 2 is 1.95 bits per heavy atom. The Labute approximate surface area is 136 Å². The van der Waals surface area contributed by atoms with Crippen LogP contribution in [0.2, 0.25) is 0 Å². The molecule has 3 rings (SSSR count). The maximum absolute atomic E-state index is 6.16. The maximum atomic E-state index is 6.16. The van der Waals surface area contributed by atoms with E-state index in [2.05, 4.69) is 57.5 Å². The number of nitrogens with one attached hydrogen (secondary N) is 1. The van der Waals surface area contributed by atoms with E-state index in [-0.39, 0.29) is 0 Å². The first-order valence-electron chi connectivity index (χ1n) is 8.01. The molecule has 1 aromatic carbocycles. The van der Waals surface area contributed by atoms with E-state index in [1.165, 1.54) is 35.7 Å². The summed E-state index contributed by atoms with van der Waals surface area (Å²) >= 11 is 3.62. The van der Waals surface area contributed by atoms with Gasteiger partial charge in [-0.05, 0) is 44.4 Å². The third kappa shape index (κ3) is 4.78. The molecule has 1 aromatic rings. The first-order valence-corrected chi connectivity index (χ1v) is 8.81. The zero-order valence-corrected chi connectivity index (χ0v) is 14.3. The number of benzene rings is 1. The lowest BCUT2D eigenvalue weighted by atomic mass is 10.1. The first kappa shape index (κ1) is 15.5. The molecule has 2 aliphatic rings. The van der Waals surface area contributed by atoms with Gasteiger partial charge in [-0.2, -0.15) is 0 Å². The molecule has 1 saturated carbocycles. The van der Waals surface area contributed by atoms with Crippen LogP contribution in [-0.4, -0.2) is 43.3 Å². The molecule has 0 spiro atoms. The van der Waals surface area contributed by atoms with E-state index < -0.39 is 0 Å². The van der Waals surface area contributed by atoms with Gasteiger partial charge in [0, 0.05) is 30.1 Å². The summed E-state index contributed by atoms with van der Waals surface area (Å²) in [7, 11) is 2.18. The Morgan fingerprint density at radius 1 is 1.19 bits per heavy atom. The molecule has 1 saturated heterocycles. The van der Waals surface area contributed by atoms with Crippen LogP contribution in [0.25, 0.3) is 0 Å². The van der Waals surface area contributed by atoms with Gasteiger partial charge in [0.15, 0.2) is 0 Å². The molecule has 4 heteroatoms. The van der Waals surface area contributed by atoms with E-state index in [0.717, 1.165) is 25.7 Å². The number of hydrogen-bond donors (Lipinski definition) is 1. The van der Waals surface area contributed by atoms with Gasteiger partial charge >= 0.3 is 0 Å². The minimum absolute atomic E-state index is 0.392. The summed E-state index contributed by atoms with van der Waals surface area (Å²) in [6.45, 7) is 3.02. The Hall–Kier alpha value is -0.420. The van der Waals surface area contributed by atoms with Crippen molar-refractivity contribution in [3.05, 3.63) is 34.3 Å². The van der Waals surface area contributed by atoms with Gasteiger partial charge in [0.1, 0.15) is 0 Å². The quantitative estimate of drug-likeness (QED) is 0.815. The first-order chi connectivity index (χ1) is 10.2. The lowest BCUT2D eigenvalue weighted by Gasteiger charge is -2.22. The van der Waals surface area contributed by atoms with Crippen molar-refractivity contribution in [1.29, 1.82) is 0 Å². The van der Waals surface area contributed by atoms with Crippen molar-refractivity contribution in [3.8, 4) is 0 Å². The summed E-state index contributed by atoms with van der Waals surface area (Å²) in [5.74, 6) is 0. The molecule has 0 aromatic heterocycles. The highest BCUT2D eigenvalue weighted by molar-refractivity contribution is 9.10. The molecular weight excluding hydrogens is 328 g/mol. The number of halogens is 1. The van der Waals surface area contributed by atoms with Crippen LogP contribution in [0.15, 0.2) is 28.7 Å². The highest BCUT2D eigenvalue weighted by atomic mass is 79.9. The van der Waals surface area contributed by atoms with Crippen molar-refractivity contribution in [2.24, 2.45) is 0 Å². The molecular formula is C17H25BrN2O. The SMILES string of the molecule is CN(Cc1ccccc1Br)CC1CCC(CNC2CC2)O1. The second-order valence-corrected chi connectivity index (χ2v) is 7.28. The number of hydrogen-bond acceptors (Lipinski definition) is 3. The molecule has 0 bridgehead atoms. The molecule has 3 nitrogen and oxygen atoms in total. The van der Waals surface area contributed by atoms with Crippen LogP contribution in [0.3, 0.4) is 0 Å². The standard InChI is InChI=1S/C17H25BrN2O/c1-20(11-13-4-2-3-5-17(13)18)12-16-9-8-15(21-16)10-19-14-6-7-14/h2-5,14-16,19H,6-12H2,1H3. The molecule has 0 amide bonds. The van der Waals surface area contributed by atoms with E-state index in [1.54, 1.807) is 0 Å². The van der Waals surface area contributed by atoms with Crippen molar-refractivity contribution in [2.45, 2.75) is 50.5 Å². The number of rotatable bonds is 7. The molecule has 1 heterocycles. The Bertz CT molecular complexity index is 464. The number of nitrogens with zero attached hydrogens (tertiary/aromatic N) is 1. The average Bonchev–Trinajstić information content (AvgIpc) is 3.19. The van der Waals surface area contributed by atoms with Crippen molar-refractivity contribution < 1.29 is 4.74 Å². The zero-order valence-electron chi connectivity index (χ0n) is 12.7. The monoisotopic (exact) mass is 352 g/mol. The van der Waals surface area contributed by atoms with Crippen LogP contribution in [-0.2, 0) is 11.3 Å². The topological polar surface area (TPSA) is 24.5 Å². The van der Waals surface area contributed by atoms with Gasteiger partial charge in [-0.25, -0.2) is 0 Å². The fraction of sp³-hybridized carbons (Fsp3) is 0.647. The highest BCUT2D eigenvalue weighted by Gasteiger charge is 2.28. The van der Waals surface area contributed by atoms with Gasteiger partial charge in [-0.3, -0.25) is 4.90 Å². The van der Waals surface area contributed by atoms with Gasteiger partial charge in [-0.1, -0.05) is 34.1 Å². The largest absolute Gasteiger partial charge is 0.372 e. The second-order valence-electron chi connectivity index (χ2n) is 6.43. The molecule has 2 fully saturated rings. The van der Waals surface area contributed by atoms with Crippen molar-refractivity contribution in [1.82, 2.24) is 10.2 Å². The summed E-state index contributed by atoms with van der Waals surface area (Å²) in [6.07, 6.45) is 5.91. The molecule has 1 aliphatic heterocycles. The molecule has 21 heavy (non-hydrogen) atoms. The van der Waals surface area contributed by atoms with Crippen LogP contribution >= 0.6 is 15.9 Å². The van der Waals surface area contributed by atoms with E-state index in [0.29, 0.717) is 12.2 Å². The fourth-order valence-electron chi connectivity index (χ4n) is 2.98. The lowest BCUT2D eigenvalue weighted by molar-refractivity contribution is 0.0265. The third-order valence-electron chi connectivity index (χ3n) is 4.32. The van der Waals surface area contributed by atoms with Crippen molar-refractivity contribution in [2.75, 3.05) is 20.1 Å². The summed E-state index contributed by atoms with van der Waals surface area (Å²) in [4.78, 5) is 2.36. The highest BCUT2D eigenvalue weighted by Crippen LogP contribution is 2.24. The molecule has 2 atom stereocenters. The molecule has 1 aliphatic carbocycles. The summed E-state index contributed by atoms with van der Waals surface area (Å²) in [6, 6.07) is 9.23. The summed E-state index contributed by atoms with van der Waals surface area (Å²) < 4.78 is 7.35. The summed E-state index contributed by atoms with van der Waals surface area (Å²) in [5, 5.41) is 3.57. The molecule has 116 valence electrons. The predicted molar refractivity (Wildman–Crippen MR) is 89.4 cm³/mol. The smallest absolute Gasteiger partial charge is 0.0707 e. The Balaban J connectivity index is 1.40. The third-order valence-corrected chi connectivity index (χ3v) is 5.09. The van der Waals surface area contributed by atoms with Gasteiger partial charge in [-0.15, -0.1) is 0 Å². The minimum Gasteiger partial charge on any atom is -0.372 e. The Morgan fingerprint density at radius 3 is 2.71 bits per heavy atom. The summed E-state index contributed by atoms with van der Waals surface area (Å²) in [5.41, 5.74) is 1.34. The van der Waals surface area contributed by atoms with Crippen LogP contribution in [0.1, 0.15) is 31.2 Å². The molecule has 2 unspecified atom stereocenters. The average molecular weight is 353 g/mol. The van der Waals surface area contributed by atoms with Crippen LogP contribution in [0, 0.1) is 0 Å². The van der Waals surface area contributed by atoms with Gasteiger partial charge in [0.2, 0.25) is 0 Å². The number of ether oxygens (including phenoxy) is 1. The van der Waals surface area contributed by atoms with Crippen molar-refractivity contribution in [3.63, 3.8) is 0 Å². The minimum atomic E-state index is 0.392. The zero-order chi connectivity index (χ0) is 14.7. The molecule has 1 N–H and O–H groups in total. The van der Waals surface area contributed by atoms with E-state index in [4.69, 9.17) is 4.74 Å². The van der Waals surface area contributed by atoms with E-state index >= 15 is 0 Å². The van der Waals surface area contributed by atoms with E-state index in [1.807, 2.05) is 0 Å². The Kier molecular flexibility index (Phi) is 5.33. The maximum Gasteiger partial charge on any atom is 0.0707 e. The van der Waals surface area contributed by atoms with E-state index in [9.17, 15) is 0 Å². The normalized spacial score (nSPS) is 25.7. The van der Waals surface area contributed by atoms with Gasteiger partial charge < -0.3 is 10.1 Å². The van der Waals surface area contributed by atoms with Crippen LogP contribution in [0.5, 0.6) is 0 Å². The van der Waals surface area contributed by atoms with Crippen molar-refractivity contribution >= 4 is 15.9 Å². The second kappa shape index (κ2) is 7.23. The van der Waals surface area contributed by atoms with Crippen LogP contribution < -0.4 is 5.32 Å². The van der Waals surface area contributed by atoms with Gasteiger partial charge in [0.25, 0.3) is 0 Å². The van der Waals surface area contributed by atoms with Crippen LogP contribution in [0.4, 0.5) is 0 Å². The fourth-order valence-corrected chi connectivity index (χ4v) is 3.39. The molecule has 0 radical (unpaired) electrons. The van der Waals surface area contributed by atoms with Gasteiger partial charge in [0.05, 0.1) is 12.2 Å². The number of likely N-dealkylation sites (N-methyl/N-ethyl adjacent to an activating group) is 1. The lowest BCUT2D eigenvalue weighted by Crippen LogP contribution is -2.32.